The van der Waals surface area contributed by atoms with Gasteiger partial charge in [-0.25, -0.2) is 0 Å². The Morgan fingerprint density at radius 2 is 0.694 bits per heavy atom. The van der Waals surface area contributed by atoms with Crippen LogP contribution in [0.4, 0.5) is 0 Å². The van der Waals surface area contributed by atoms with Gasteiger partial charge in [0.15, 0.2) is 0 Å². The van der Waals surface area contributed by atoms with Gasteiger partial charge in [0, 0.05) is 0 Å². The number of carbonyl (C=O) groups excluding carboxylic acids is 1. The molecular formula is C44H89NO4. The number of hydrogen-bond donors (Lipinski definition) is 4. The summed E-state index contributed by atoms with van der Waals surface area (Å²) < 4.78 is 0. The topological polar surface area (TPSA) is 89.8 Å². The Kier molecular flexibility index (Phi) is 39.6. The third kappa shape index (κ3) is 36.9. The lowest BCUT2D eigenvalue weighted by atomic mass is 10.0. The second kappa shape index (κ2) is 40.1. The van der Waals surface area contributed by atoms with Crippen molar-refractivity contribution in [2.45, 2.75) is 270 Å². The van der Waals surface area contributed by atoms with E-state index in [2.05, 4.69) is 19.2 Å². The molecule has 0 spiro atoms. The van der Waals surface area contributed by atoms with Crippen LogP contribution in [-0.2, 0) is 4.79 Å². The highest BCUT2D eigenvalue weighted by molar-refractivity contribution is 5.76. The number of unbranched alkanes of at least 4 members (excludes halogenated alkanes) is 32. The molecule has 0 aliphatic heterocycles. The van der Waals surface area contributed by atoms with Crippen molar-refractivity contribution in [2.24, 2.45) is 0 Å². The summed E-state index contributed by atoms with van der Waals surface area (Å²) in [7, 11) is 0. The Bertz CT molecular complexity index is 644. The summed E-state index contributed by atoms with van der Waals surface area (Å²) in [6.45, 7) is 4.28. The van der Waals surface area contributed by atoms with Crippen molar-refractivity contribution in [1.29, 1.82) is 0 Å². The molecule has 0 heterocycles. The fourth-order valence-electron chi connectivity index (χ4n) is 7.23. The number of carbonyl (C=O) groups is 1. The molecule has 0 aromatic heterocycles. The van der Waals surface area contributed by atoms with Gasteiger partial charge in [-0.1, -0.05) is 232 Å². The van der Waals surface area contributed by atoms with Crippen molar-refractivity contribution in [3.05, 3.63) is 0 Å². The second-order valence-corrected chi connectivity index (χ2v) is 15.7. The lowest BCUT2D eigenvalue weighted by Crippen LogP contribution is -2.46. The molecule has 49 heavy (non-hydrogen) atoms. The largest absolute Gasteiger partial charge is 0.394 e. The van der Waals surface area contributed by atoms with Gasteiger partial charge in [0.05, 0.1) is 31.3 Å². The van der Waals surface area contributed by atoms with Crippen molar-refractivity contribution < 1.29 is 20.1 Å². The molecule has 3 unspecified atom stereocenters. The molecule has 1 amide bonds. The molecule has 294 valence electrons. The van der Waals surface area contributed by atoms with E-state index in [9.17, 15) is 20.1 Å². The molecular weight excluding hydrogens is 606 g/mol. The molecule has 0 aromatic rings. The van der Waals surface area contributed by atoms with Crippen LogP contribution in [-0.4, -0.2) is 46.1 Å². The van der Waals surface area contributed by atoms with Crippen LogP contribution in [0.2, 0.25) is 0 Å². The lowest BCUT2D eigenvalue weighted by Gasteiger charge is -2.23. The molecule has 5 nitrogen and oxygen atoms in total. The average molecular weight is 696 g/mol. The van der Waals surface area contributed by atoms with Gasteiger partial charge in [-0.05, 0) is 12.8 Å². The Hall–Kier alpha value is -0.650. The third-order valence-corrected chi connectivity index (χ3v) is 10.7. The summed E-state index contributed by atoms with van der Waals surface area (Å²) in [6.07, 6.45) is 45.0. The fourth-order valence-corrected chi connectivity index (χ4v) is 7.23. The molecule has 3 atom stereocenters. The van der Waals surface area contributed by atoms with Crippen LogP contribution in [0.5, 0.6) is 0 Å². The minimum absolute atomic E-state index is 0.0429. The fraction of sp³-hybridized carbons (Fsp3) is 0.977. The predicted octanol–water partition coefficient (Wildman–Crippen LogP) is 12.7. The van der Waals surface area contributed by atoms with Crippen LogP contribution in [0.15, 0.2) is 0 Å². The summed E-state index contributed by atoms with van der Waals surface area (Å²) in [5, 5.41) is 33.4. The minimum atomic E-state index is -0.743. The van der Waals surface area contributed by atoms with Crippen LogP contribution >= 0.6 is 0 Å². The van der Waals surface area contributed by atoms with Crippen molar-refractivity contribution in [1.82, 2.24) is 5.32 Å². The van der Waals surface area contributed by atoms with Crippen molar-refractivity contribution >= 4 is 5.91 Å². The standard InChI is InChI=1S/C44H89NO4/c1-3-5-7-9-11-13-15-17-19-21-22-23-25-27-29-31-33-35-37-41(47)39-44(49)45-42(40-46)43(48)38-36-34-32-30-28-26-24-20-18-16-14-12-10-8-6-4-2/h41-43,46-48H,3-40H2,1-2H3,(H,45,49). The van der Waals surface area contributed by atoms with Crippen LogP contribution < -0.4 is 5.32 Å². The Balaban J connectivity index is 3.57. The molecule has 0 fully saturated rings. The van der Waals surface area contributed by atoms with Crippen LogP contribution in [0, 0.1) is 0 Å². The van der Waals surface area contributed by atoms with E-state index in [4.69, 9.17) is 0 Å². The molecule has 0 aromatic carbocycles. The Morgan fingerprint density at radius 1 is 0.429 bits per heavy atom. The maximum Gasteiger partial charge on any atom is 0.222 e. The van der Waals surface area contributed by atoms with Gasteiger partial charge in [0.2, 0.25) is 5.91 Å². The lowest BCUT2D eigenvalue weighted by molar-refractivity contribution is -0.125. The van der Waals surface area contributed by atoms with Gasteiger partial charge >= 0.3 is 0 Å². The number of aliphatic hydroxyl groups is 3. The maximum absolute atomic E-state index is 12.4. The zero-order valence-corrected chi connectivity index (χ0v) is 33.4. The van der Waals surface area contributed by atoms with E-state index in [-0.39, 0.29) is 18.9 Å². The number of nitrogens with one attached hydrogen (secondary N) is 1. The van der Waals surface area contributed by atoms with Gasteiger partial charge < -0.3 is 20.6 Å². The molecule has 4 N–H and O–H groups in total. The van der Waals surface area contributed by atoms with Crippen molar-refractivity contribution in [3.8, 4) is 0 Å². The predicted molar refractivity (Wildman–Crippen MR) is 213 cm³/mol. The van der Waals surface area contributed by atoms with Crippen LogP contribution in [0.3, 0.4) is 0 Å². The van der Waals surface area contributed by atoms with E-state index in [1.165, 1.54) is 193 Å². The van der Waals surface area contributed by atoms with E-state index >= 15 is 0 Å². The number of rotatable bonds is 41. The molecule has 0 saturated heterocycles. The summed E-state index contributed by atoms with van der Waals surface area (Å²) in [6, 6.07) is -0.652. The van der Waals surface area contributed by atoms with Gasteiger partial charge in [-0.15, -0.1) is 0 Å². The minimum Gasteiger partial charge on any atom is -0.394 e. The summed E-state index contributed by atoms with van der Waals surface area (Å²) in [5.74, 6) is -0.278. The van der Waals surface area contributed by atoms with Crippen molar-refractivity contribution in [2.75, 3.05) is 6.61 Å². The highest BCUT2D eigenvalue weighted by Crippen LogP contribution is 2.17. The molecule has 0 aliphatic carbocycles. The van der Waals surface area contributed by atoms with Crippen molar-refractivity contribution in [3.63, 3.8) is 0 Å². The Morgan fingerprint density at radius 3 is 0.980 bits per heavy atom. The van der Waals surface area contributed by atoms with Gasteiger partial charge in [-0.3, -0.25) is 4.79 Å². The first-order valence-electron chi connectivity index (χ1n) is 22.3. The quantitative estimate of drug-likeness (QED) is 0.0479. The molecule has 0 saturated carbocycles. The van der Waals surface area contributed by atoms with Crippen LogP contribution in [0.25, 0.3) is 0 Å². The first-order valence-corrected chi connectivity index (χ1v) is 22.3. The number of amides is 1. The van der Waals surface area contributed by atoms with Crippen LogP contribution in [0.1, 0.15) is 251 Å². The van der Waals surface area contributed by atoms with E-state index in [1.807, 2.05) is 0 Å². The number of aliphatic hydroxyl groups excluding tert-OH is 3. The normalized spacial score (nSPS) is 13.5. The number of hydrogen-bond acceptors (Lipinski definition) is 4. The maximum atomic E-state index is 12.4. The van der Waals surface area contributed by atoms with E-state index < -0.39 is 18.2 Å². The highest BCUT2D eigenvalue weighted by atomic mass is 16.3. The zero-order chi connectivity index (χ0) is 35.9. The van der Waals surface area contributed by atoms with E-state index in [0.717, 1.165) is 25.7 Å². The SMILES string of the molecule is CCCCCCCCCCCCCCCCCCCCC(O)CC(=O)NC(CO)C(O)CCCCCCCCCCCCCCCCCC. The highest BCUT2D eigenvalue weighted by Gasteiger charge is 2.21. The second-order valence-electron chi connectivity index (χ2n) is 15.7. The first-order chi connectivity index (χ1) is 24.0. The van der Waals surface area contributed by atoms with E-state index in [1.54, 1.807) is 0 Å². The zero-order valence-electron chi connectivity index (χ0n) is 33.4. The van der Waals surface area contributed by atoms with Gasteiger partial charge in [0.25, 0.3) is 0 Å². The molecule has 5 heteroatoms. The monoisotopic (exact) mass is 696 g/mol. The van der Waals surface area contributed by atoms with Gasteiger partial charge in [0.1, 0.15) is 0 Å². The third-order valence-electron chi connectivity index (χ3n) is 10.7. The summed E-state index contributed by atoms with van der Waals surface area (Å²) in [5.41, 5.74) is 0. The molecule has 0 radical (unpaired) electrons. The van der Waals surface area contributed by atoms with Gasteiger partial charge in [-0.2, -0.15) is 0 Å². The smallest absolute Gasteiger partial charge is 0.222 e. The average Bonchev–Trinajstić information content (AvgIpc) is 3.09. The molecule has 0 bridgehead atoms. The molecule has 0 rings (SSSR count). The first kappa shape index (κ1) is 48.3. The molecule has 0 aliphatic rings. The van der Waals surface area contributed by atoms with E-state index in [0.29, 0.717) is 12.8 Å². The Labute approximate surface area is 307 Å². The summed E-state index contributed by atoms with van der Waals surface area (Å²) >= 11 is 0. The summed E-state index contributed by atoms with van der Waals surface area (Å²) in [4.78, 5) is 12.4.